The molecule has 0 aromatic carbocycles. The topological polar surface area (TPSA) is 52.9 Å². The quantitative estimate of drug-likeness (QED) is 0.713. The molecule has 0 unspecified atom stereocenters. The van der Waals surface area contributed by atoms with Crippen LogP contribution in [-0.4, -0.2) is 41.3 Å². The third-order valence-corrected chi connectivity index (χ3v) is 2.93. The summed E-state index contributed by atoms with van der Waals surface area (Å²) in [5.74, 6) is -0.200. The molecule has 4 nitrogen and oxygen atoms in total. The number of aliphatic hydroxyl groups is 1. The van der Waals surface area contributed by atoms with Gasteiger partial charge in [-0.1, -0.05) is 12.2 Å². The molecule has 1 fully saturated rings. The summed E-state index contributed by atoms with van der Waals surface area (Å²) in [6, 6.07) is 0. The highest BCUT2D eigenvalue weighted by Crippen LogP contribution is 2.19. The van der Waals surface area contributed by atoms with Crippen LogP contribution in [0.4, 0.5) is 0 Å². The highest BCUT2D eigenvalue weighted by Gasteiger charge is 2.23. The molecule has 1 amide bonds. The van der Waals surface area contributed by atoms with Crippen LogP contribution in [0.2, 0.25) is 0 Å². The fourth-order valence-corrected chi connectivity index (χ4v) is 2.03. The van der Waals surface area contributed by atoms with Crippen LogP contribution in [0.3, 0.4) is 0 Å². The molecule has 2 rings (SSSR count). The summed E-state index contributed by atoms with van der Waals surface area (Å²) in [6.45, 7) is 2.83. The van der Waals surface area contributed by atoms with E-state index in [1.54, 1.807) is 4.90 Å². The van der Waals surface area contributed by atoms with E-state index < -0.39 is 6.61 Å². The van der Waals surface area contributed by atoms with Crippen LogP contribution in [0, 0.1) is 0 Å². The van der Waals surface area contributed by atoms with E-state index in [1.165, 1.54) is 0 Å². The number of piperidine rings is 1. The van der Waals surface area contributed by atoms with Crippen LogP contribution >= 0.6 is 0 Å². The first-order valence-electron chi connectivity index (χ1n) is 5.53. The van der Waals surface area contributed by atoms with Crippen molar-refractivity contribution in [3.05, 3.63) is 23.4 Å². The molecule has 0 spiro atoms. The summed E-state index contributed by atoms with van der Waals surface area (Å²) >= 11 is 0. The number of fused-ring (bicyclic) bond motifs is 1. The lowest BCUT2D eigenvalue weighted by molar-refractivity contribution is -0.133. The van der Waals surface area contributed by atoms with Gasteiger partial charge in [0.25, 0.3) is 0 Å². The molecule has 1 saturated heterocycles. The van der Waals surface area contributed by atoms with Crippen molar-refractivity contribution in [2.24, 2.45) is 4.99 Å². The average Bonchev–Trinajstić information content (AvgIpc) is 2.47. The minimum Gasteiger partial charge on any atom is -0.387 e. The molecule has 2 aliphatic heterocycles. The third-order valence-electron chi connectivity index (χ3n) is 2.93. The lowest BCUT2D eigenvalue weighted by atomic mass is 10.0. The molecule has 86 valence electrons. The first-order valence-corrected chi connectivity index (χ1v) is 5.53. The summed E-state index contributed by atoms with van der Waals surface area (Å²) in [5.41, 5.74) is 3.26. The van der Waals surface area contributed by atoms with Crippen LogP contribution in [0.25, 0.3) is 0 Å². The standard InChI is InChI=1S/C12H16N2O2/c1-9-3-2-4-10-7-14(12(16)8-15)6-5-11(10)13-9/h3-4,15H,2,5-8H2,1H3. The summed E-state index contributed by atoms with van der Waals surface area (Å²) in [6.07, 6.45) is 5.85. The molecule has 0 radical (unpaired) electrons. The summed E-state index contributed by atoms with van der Waals surface area (Å²) in [5, 5.41) is 8.83. The van der Waals surface area contributed by atoms with Crippen molar-refractivity contribution in [2.45, 2.75) is 19.8 Å². The fourth-order valence-electron chi connectivity index (χ4n) is 2.03. The van der Waals surface area contributed by atoms with Crippen LogP contribution in [-0.2, 0) is 4.79 Å². The van der Waals surface area contributed by atoms with Gasteiger partial charge >= 0.3 is 0 Å². The number of likely N-dealkylation sites (tertiary alicyclic amines) is 1. The normalized spacial score (nSPS) is 20.4. The van der Waals surface area contributed by atoms with E-state index in [0.717, 1.165) is 29.8 Å². The van der Waals surface area contributed by atoms with Crippen LogP contribution in [0.1, 0.15) is 19.8 Å². The van der Waals surface area contributed by atoms with E-state index in [1.807, 2.05) is 6.92 Å². The van der Waals surface area contributed by atoms with Crippen LogP contribution in [0.15, 0.2) is 28.4 Å². The van der Waals surface area contributed by atoms with Gasteiger partial charge in [0.1, 0.15) is 6.61 Å². The number of rotatable bonds is 1. The van der Waals surface area contributed by atoms with Gasteiger partial charge < -0.3 is 10.0 Å². The maximum absolute atomic E-state index is 11.4. The molecule has 0 aliphatic carbocycles. The number of aliphatic hydroxyl groups excluding tert-OH is 1. The fraction of sp³-hybridized carbons (Fsp3) is 0.500. The van der Waals surface area contributed by atoms with E-state index in [4.69, 9.17) is 5.11 Å². The van der Waals surface area contributed by atoms with Crippen molar-refractivity contribution in [3.63, 3.8) is 0 Å². The van der Waals surface area contributed by atoms with Gasteiger partial charge in [0, 0.05) is 30.9 Å². The Hall–Kier alpha value is -1.42. The van der Waals surface area contributed by atoms with Gasteiger partial charge in [-0.3, -0.25) is 9.79 Å². The second-order valence-corrected chi connectivity index (χ2v) is 4.09. The summed E-state index contributed by atoms with van der Waals surface area (Å²) < 4.78 is 0. The van der Waals surface area contributed by atoms with E-state index in [9.17, 15) is 4.79 Å². The number of carbonyl (C=O) groups excluding carboxylic acids is 1. The lowest BCUT2D eigenvalue weighted by Gasteiger charge is -2.29. The molecule has 4 heteroatoms. The predicted octanol–water partition coefficient (Wildman–Crippen LogP) is 0.886. The Balaban J connectivity index is 2.15. The molecule has 0 aromatic heterocycles. The van der Waals surface area contributed by atoms with Crippen molar-refractivity contribution in [2.75, 3.05) is 19.7 Å². The van der Waals surface area contributed by atoms with Crippen molar-refractivity contribution in [1.82, 2.24) is 4.90 Å². The number of allylic oxidation sites excluding steroid dienone is 3. The minimum absolute atomic E-state index is 0.200. The highest BCUT2D eigenvalue weighted by molar-refractivity contribution is 6.03. The Kier molecular flexibility index (Phi) is 3.19. The second kappa shape index (κ2) is 4.61. The Morgan fingerprint density at radius 3 is 3.12 bits per heavy atom. The maximum atomic E-state index is 11.4. The Morgan fingerprint density at radius 1 is 1.56 bits per heavy atom. The second-order valence-electron chi connectivity index (χ2n) is 4.09. The van der Waals surface area contributed by atoms with E-state index in [-0.39, 0.29) is 5.91 Å². The van der Waals surface area contributed by atoms with Gasteiger partial charge in [-0.25, -0.2) is 0 Å². The molecule has 0 bridgehead atoms. The predicted molar refractivity (Wildman–Crippen MR) is 62.2 cm³/mol. The Labute approximate surface area is 95.0 Å². The Morgan fingerprint density at radius 2 is 2.38 bits per heavy atom. The molecule has 0 atom stereocenters. The zero-order chi connectivity index (χ0) is 11.5. The molecular formula is C12H16N2O2. The van der Waals surface area contributed by atoms with Crippen molar-refractivity contribution in [3.8, 4) is 0 Å². The largest absolute Gasteiger partial charge is 0.387 e. The summed E-state index contributed by atoms with van der Waals surface area (Å²) in [4.78, 5) is 17.6. The molecular weight excluding hydrogens is 204 g/mol. The monoisotopic (exact) mass is 220 g/mol. The molecule has 1 N–H and O–H groups in total. The Bertz CT molecular complexity index is 394. The summed E-state index contributed by atoms with van der Waals surface area (Å²) in [7, 11) is 0. The smallest absolute Gasteiger partial charge is 0.248 e. The van der Waals surface area contributed by atoms with Gasteiger partial charge in [-0.05, 0) is 18.9 Å². The van der Waals surface area contributed by atoms with E-state index >= 15 is 0 Å². The van der Waals surface area contributed by atoms with Crippen molar-refractivity contribution in [1.29, 1.82) is 0 Å². The first kappa shape index (κ1) is 11.1. The van der Waals surface area contributed by atoms with E-state index in [2.05, 4.69) is 17.1 Å². The van der Waals surface area contributed by atoms with Crippen LogP contribution < -0.4 is 0 Å². The SMILES string of the molecule is CC1=CCC=C2CN(C(=O)CO)CCC2=N1. The molecule has 0 saturated carbocycles. The van der Waals surface area contributed by atoms with Gasteiger partial charge in [0.05, 0.1) is 0 Å². The van der Waals surface area contributed by atoms with Gasteiger partial charge in [0.15, 0.2) is 0 Å². The number of nitrogens with zero attached hydrogens (tertiary/aromatic N) is 2. The first-order chi connectivity index (χ1) is 7.70. The molecule has 2 heterocycles. The minimum atomic E-state index is -0.406. The number of amides is 1. The highest BCUT2D eigenvalue weighted by atomic mass is 16.3. The third kappa shape index (κ3) is 2.22. The molecule has 0 aromatic rings. The van der Waals surface area contributed by atoms with Gasteiger partial charge in [-0.2, -0.15) is 0 Å². The zero-order valence-corrected chi connectivity index (χ0v) is 9.44. The van der Waals surface area contributed by atoms with Crippen LogP contribution in [0.5, 0.6) is 0 Å². The van der Waals surface area contributed by atoms with Gasteiger partial charge in [0.2, 0.25) is 5.91 Å². The lowest BCUT2D eigenvalue weighted by Crippen LogP contribution is -2.41. The number of hydrogen-bond donors (Lipinski definition) is 1. The average molecular weight is 220 g/mol. The molecule has 2 aliphatic rings. The zero-order valence-electron chi connectivity index (χ0n) is 9.44. The van der Waals surface area contributed by atoms with Crippen molar-refractivity contribution < 1.29 is 9.90 Å². The maximum Gasteiger partial charge on any atom is 0.248 e. The van der Waals surface area contributed by atoms with Crippen molar-refractivity contribution >= 4 is 11.6 Å². The van der Waals surface area contributed by atoms with E-state index in [0.29, 0.717) is 13.1 Å². The molecule has 16 heavy (non-hydrogen) atoms. The van der Waals surface area contributed by atoms with Gasteiger partial charge in [-0.15, -0.1) is 0 Å². The number of hydrogen-bond acceptors (Lipinski definition) is 3. The number of carbonyl (C=O) groups is 1. The number of aliphatic imine (C=N–C) groups is 1.